The molecule has 0 spiro atoms. The van der Waals surface area contributed by atoms with E-state index in [1.807, 2.05) is 12.1 Å². The fourth-order valence-corrected chi connectivity index (χ4v) is 2.48. The van der Waals surface area contributed by atoms with Crippen molar-refractivity contribution in [3.05, 3.63) is 72.2 Å². The van der Waals surface area contributed by atoms with Crippen LogP contribution in [0.25, 0.3) is 0 Å². The van der Waals surface area contributed by atoms with Gasteiger partial charge < -0.3 is 20.1 Å². The Bertz CT molecular complexity index is 916. The van der Waals surface area contributed by atoms with Crippen molar-refractivity contribution >= 4 is 17.4 Å². The summed E-state index contributed by atoms with van der Waals surface area (Å²) in [5, 5.41) is 6.03. The lowest BCUT2D eigenvalue weighted by Crippen LogP contribution is -2.23. The van der Waals surface area contributed by atoms with Crippen LogP contribution >= 0.6 is 0 Å². The van der Waals surface area contributed by atoms with Crippen LogP contribution in [0, 0.1) is 0 Å². The summed E-state index contributed by atoms with van der Waals surface area (Å²) in [5.41, 5.74) is 2.12. The summed E-state index contributed by atoms with van der Waals surface area (Å²) >= 11 is 0. The number of hydrogen-bond acceptors (Lipinski definition) is 6. The van der Waals surface area contributed by atoms with Gasteiger partial charge in [0.1, 0.15) is 17.3 Å². The second-order valence-electron chi connectivity index (χ2n) is 5.66. The van der Waals surface area contributed by atoms with Gasteiger partial charge in [-0.05, 0) is 35.9 Å². The number of hydrogen-bond donors (Lipinski definition) is 2. The van der Waals surface area contributed by atoms with E-state index in [4.69, 9.17) is 9.47 Å². The van der Waals surface area contributed by atoms with Crippen molar-refractivity contribution in [3.63, 3.8) is 0 Å². The lowest BCUT2D eigenvalue weighted by atomic mass is 10.2. The van der Waals surface area contributed by atoms with E-state index < -0.39 is 0 Å². The van der Waals surface area contributed by atoms with Crippen molar-refractivity contribution < 1.29 is 14.3 Å². The maximum Gasteiger partial charge on any atom is 0.251 e. The van der Waals surface area contributed by atoms with Crippen molar-refractivity contribution in [2.24, 2.45) is 0 Å². The van der Waals surface area contributed by atoms with Crippen LogP contribution in [0.2, 0.25) is 0 Å². The molecular formula is C20H20N4O3. The van der Waals surface area contributed by atoms with Crippen LogP contribution < -0.4 is 20.1 Å². The van der Waals surface area contributed by atoms with Crippen molar-refractivity contribution in [1.29, 1.82) is 0 Å². The number of amides is 1. The van der Waals surface area contributed by atoms with Gasteiger partial charge in [0, 0.05) is 36.8 Å². The molecule has 27 heavy (non-hydrogen) atoms. The Kier molecular flexibility index (Phi) is 5.84. The highest BCUT2D eigenvalue weighted by Crippen LogP contribution is 2.31. The molecule has 2 aromatic heterocycles. The molecule has 0 saturated carbocycles. The lowest BCUT2D eigenvalue weighted by Gasteiger charge is -2.13. The first kappa shape index (κ1) is 18.2. The van der Waals surface area contributed by atoms with Crippen LogP contribution in [0.3, 0.4) is 0 Å². The number of rotatable bonds is 7. The minimum atomic E-state index is -0.193. The summed E-state index contributed by atoms with van der Waals surface area (Å²) in [6, 6.07) is 12.5. The van der Waals surface area contributed by atoms with Crippen LogP contribution in [0.15, 0.2) is 61.1 Å². The van der Waals surface area contributed by atoms with Gasteiger partial charge in [0.2, 0.25) is 0 Å². The van der Waals surface area contributed by atoms with E-state index in [1.54, 1.807) is 63.1 Å². The summed E-state index contributed by atoms with van der Waals surface area (Å²) in [4.78, 5) is 20.7. The fraction of sp³-hybridized carbons (Fsp3) is 0.150. The molecule has 3 rings (SSSR count). The molecule has 7 nitrogen and oxygen atoms in total. The SMILES string of the molecule is COc1ccc(OC)c(Nc2cc(C(=O)NCc3cccnc3)ccn2)c1. The minimum absolute atomic E-state index is 0.193. The maximum absolute atomic E-state index is 12.4. The number of carbonyl (C=O) groups is 1. The molecule has 1 amide bonds. The topological polar surface area (TPSA) is 85.4 Å². The predicted octanol–water partition coefficient (Wildman–Crippen LogP) is 3.17. The predicted molar refractivity (Wildman–Crippen MR) is 102 cm³/mol. The highest BCUT2D eigenvalue weighted by atomic mass is 16.5. The van der Waals surface area contributed by atoms with Crippen molar-refractivity contribution in [2.75, 3.05) is 19.5 Å². The maximum atomic E-state index is 12.4. The summed E-state index contributed by atoms with van der Waals surface area (Å²) in [6.45, 7) is 0.404. The standard InChI is InChI=1S/C20H20N4O3/c1-26-16-5-6-18(27-2)17(11-16)24-19-10-15(7-9-22-19)20(25)23-13-14-4-3-8-21-12-14/h3-12H,13H2,1-2H3,(H,22,24)(H,23,25). The van der Waals surface area contributed by atoms with Crippen LogP contribution in [-0.4, -0.2) is 30.1 Å². The fourth-order valence-electron chi connectivity index (χ4n) is 2.48. The first-order valence-electron chi connectivity index (χ1n) is 8.32. The third kappa shape index (κ3) is 4.72. The smallest absolute Gasteiger partial charge is 0.251 e. The number of nitrogens with zero attached hydrogens (tertiary/aromatic N) is 2. The molecule has 0 fully saturated rings. The molecule has 1 aromatic carbocycles. The van der Waals surface area contributed by atoms with Gasteiger partial charge in [-0.25, -0.2) is 4.98 Å². The van der Waals surface area contributed by atoms with Crippen molar-refractivity contribution in [1.82, 2.24) is 15.3 Å². The Morgan fingerprint density at radius 2 is 1.96 bits per heavy atom. The zero-order chi connectivity index (χ0) is 19.1. The zero-order valence-electron chi connectivity index (χ0n) is 15.1. The number of pyridine rings is 2. The lowest BCUT2D eigenvalue weighted by molar-refractivity contribution is 0.0951. The summed E-state index contributed by atoms with van der Waals surface area (Å²) < 4.78 is 10.6. The van der Waals surface area contributed by atoms with E-state index in [-0.39, 0.29) is 5.91 Å². The normalized spacial score (nSPS) is 10.1. The number of methoxy groups -OCH3 is 2. The van der Waals surface area contributed by atoms with E-state index in [2.05, 4.69) is 20.6 Å². The van der Waals surface area contributed by atoms with E-state index in [1.165, 1.54) is 0 Å². The monoisotopic (exact) mass is 364 g/mol. The number of nitrogens with one attached hydrogen (secondary N) is 2. The highest BCUT2D eigenvalue weighted by Gasteiger charge is 2.10. The first-order chi connectivity index (χ1) is 13.2. The summed E-state index contributed by atoms with van der Waals surface area (Å²) in [7, 11) is 3.18. The van der Waals surface area contributed by atoms with Gasteiger partial charge >= 0.3 is 0 Å². The van der Waals surface area contributed by atoms with Crippen LogP contribution in [0.5, 0.6) is 11.5 Å². The largest absolute Gasteiger partial charge is 0.497 e. The Balaban J connectivity index is 1.73. The molecule has 0 aliphatic rings. The molecule has 7 heteroatoms. The van der Waals surface area contributed by atoms with Crippen molar-refractivity contribution in [3.8, 4) is 11.5 Å². The van der Waals surface area contributed by atoms with Gasteiger partial charge in [0.25, 0.3) is 5.91 Å². The van der Waals surface area contributed by atoms with Gasteiger partial charge in [0.05, 0.1) is 19.9 Å². The minimum Gasteiger partial charge on any atom is -0.497 e. The van der Waals surface area contributed by atoms with Gasteiger partial charge in [-0.15, -0.1) is 0 Å². The first-order valence-corrected chi connectivity index (χ1v) is 8.32. The molecule has 0 unspecified atom stereocenters. The molecule has 3 aromatic rings. The number of anilines is 2. The molecule has 0 bridgehead atoms. The van der Waals surface area contributed by atoms with Crippen LogP contribution in [0.1, 0.15) is 15.9 Å². The van der Waals surface area contributed by atoms with Crippen molar-refractivity contribution in [2.45, 2.75) is 6.54 Å². The van der Waals surface area contributed by atoms with Gasteiger partial charge in [-0.1, -0.05) is 6.07 Å². The van der Waals surface area contributed by atoms with Gasteiger partial charge in [0.15, 0.2) is 0 Å². The molecule has 2 heterocycles. The van der Waals surface area contributed by atoms with E-state index in [0.717, 1.165) is 5.56 Å². The average Bonchev–Trinajstić information content (AvgIpc) is 2.73. The Labute approximate surface area is 157 Å². The molecule has 0 aliphatic heterocycles. The van der Waals surface area contributed by atoms with Gasteiger partial charge in [-0.2, -0.15) is 0 Å². The molecule has 0 radical (unpaired) electrons. The summed E-state index contributed by atoms with van der Waals surface area (Å²) in [6.07, 6.45) is 4.99. The second kappa shape index (κ2) is 8.66. The quantitative estimate of drug-likeness (QED) is 0.670. The average molecular weight is 364 g/mol. The molecule has 0 atom stereocenters. The number of aromatic nitrogens is 2. The van der Waals surface area contributed by atoms with E-state index >= 15 is 0 Å². The van der Waals surface area contributed by atoms with E-state index in [0.29, 0.717) is 35.1 Å². The third-order valence-electron chi connectivity index (χ3n) is 3.87. The van der Waals surface area contributed by atoms with Crippen LogP contribution in [0.4, 0.5) is 11.5 Å². The highest BCUT2D eigenvalue weighted by molar-refractivity contribution is 5.94. The molecule has 138 valence electrons. The number of benzene rings is 1. The summed E-state index contributed by atoms with van der Waals surface area (Å²) in [5.74, 6) is 1.66. The Hall–Kier alpha value is -3.61. The molecule has 0 saturated heterocycles. The van der Waals surface area contributed by atoms with Crippen LogP contribution in [-0.2, 0) is 6.54 Å². The Morgan fingerprint density at radius 1 is 1.07 bits per heavy atom. The molecule has 0 aliphatic carbocycles. The molecule has 2 N–H and O–H groups in total. The Morgan fingerprint density at radius 3 is 2.70 bits per heavy atom. The van der Waals surface area contributed by atoms with Gasteiger partial charge in [-0.3, -0.25) is 9.78 Å². The number of carbonyl (C=O) groups excluding carboxylic acids is 1. The molecular weight excluding hydrogens is 344 g/mol. The zero-order valence-corrected chi connectivity index (χ0v) is 15.1. The number of ether oxygens (including phenoxy) is 2. The second-order valence-corrected chi connectivity index (χ2v) is 5.66. The van der Waals surface area contributed by atoms with E-state index in [9.17, 15) is 4.79 Å². The third-order valence-corrected chi connectivity index (χ3v) is 3.87.